The summed E-state index contributed by atoms with van der Waals surface area (Å²) in [5.74, 6) is -5.28. The van der Waals surface area contributed by atoms with E-state index in [2.05, 4.69) is 83.8 Å². The first-order valence-electron chi connectivity index (χ1n) is 37.5. The molecule has 12 atom stereocenters. The first-order valence-corrected chi connectivity index (χ1v) is 37.5. The number of hydrogen-bond acceptors (Lipinski definition) is 20. The minimum atomic E-state index is -1.53. The second-order valence-corrected chi connectivity index (χ2v) is 31.1. The minimum Gasteiger partial charge on any atom is -0.487 e. The molecular weight excluding hydrogens is 1430 g/mol. The third-order valence-corrected chi connectivity index (χ3v) is 21.0. The second-order valence-electron chi connectivity index (χ2n) is 31.1. The lowest BCUT2D eigenvalue weighted by Crippen LogP contribution is -2.61. The number of carbonyl (C=O) groups is 9. The summed E-state index contributed by atoms with van der Waals surface area (Å²) in [4.78, 5) is 136. The fourth-order valence-electron chi connectivity index (χ4n) is 14.4. The average molecular weight is 1530 g/mol. The van der Waals surface area contributed by atoms with E-state index in [-0.39, 0.29) is 70.7 Å². The Hall–Kier alpha value is -12.1. The molecule has 32 nitrogen and oxygen atoms in total. The number of H-pyrrole nitrogens is 1. The van der Waals surface area contributed by atoms with Gasteiger partial charge in [-0.25, -0.2) is 19.3 Å². The molecule has 0 radical (unpaired) electrons. The Morgan fingerprint density at radius 2 is 0.964 bits per heavy atom. The molecule has 9 aromatic rings. The van der Waals surface area contributed by atoms with Crippen molar-refractivity contribution in [2.24, 2.45) is 10.8 Å². The highest BCUT2D eigenvalue weighted by Gasteiger charge is 2.51. The topological polar surface area (TPSA) is 411 Å². The third-order valence-electron chi connectivity index (χ3n) is 21.0. The number of fused-ring (bicyclic) bond motifs is 2. The number of hydrogen-bond donors (Lipinski definition) is 10. The highest BCUT2D eigenvalue weighted by Crippen LogP contribution is 2.36. The van der Waals surface area contributed by atoms with Crippen molar-refractivity contribution in [1.29, 1.82) is 0 Å². The van der Waals surface area contributed by atoms with Crippen LogP contribution in [-0.4, -0.2) is 200 Å². The van der Waals surface area contributed by atoms with Gasteiger partial charge in [-0.05, 0) is 130 Å². The standard InChI is InChI=1S/C80H96N20O12/c1-45(81-9)70(101)87-67(79(3,4)5)76(107)97-33-31-63-65(97)74(105)84-60(39-49-19-25-51-15-11-13-17-53(51)35-49)72(103)83-59(69-91-93-94-92-69)37-47-21-27-57(28-22-47)111-43-55-41-100(96-89-55)64-32-34-98(77(108)68(80(6,7)8)88-71(102)46(2)82-10)66(64)75(106)85-61(40-50-20-26-52-16-12-14-18-54(52)36-50)73(104)86-62(78(109)110)38-48-23-29-58(30-24-48)112-44-56-42-99(63)95-90-56/h11-30,35-36,41-42,45-46,59-68,81-82H,31-34,37-40,43-44H2,1-10H3,(H,83,103)(H,84,105)(H,85,106)(H,86,104)(H,87,101)(H,88,102)(H,109,110)(H,91,92,93,94)/t45-,46-,59-,60-,61-,62-,63?,64+,65-,66-,67+,68+/m0/s1. The van der Waals surface area contributed by atoms with Gasteiger partial charge in [-0.2, -0.15) is 0 Å². The summed E-state index contributed by atoms with van der Waals surface area (Å²) >= 11 is 0. The molecule has 6 aliphatic rings. The number of nitrogens with one attached hydrogen (secondary N) is 9. The Morgan fingerprint density at radius 3 is 1.38 bits per heavy atom. The van der Waals surface area contributed by atoms with E-state index < -0.39 is 137 Å². The number of likely N-dealkylation sites (tertiary alicyclic amines) is 2. The van der Waals surface area contributed by atoms with E-state index in [1.165, 1.54) is 19.2 Å². The van der Waals surface area contributed by atoms with Crippen LogP contribution in [0.25, 0.3) is 21.5 Å². The monoisotopic (exact) mass is 1530 g/mol. The fraction of sp³-hybridized carbons (Fsp3) is 0.425. The predicted molar refractivity (Wildman–Crippen MR) is 411 cm³/mol. The average Bonchev–Trinajstić information content (AvgIpc) is 1.71. The molecule has 32 heteroatoms. The molecular formula is C80H96N20O12. The van der Waals surface area contributed by atoms with Gasteiger partial charge < -0.3 is 66.9 Å². The van der Waals surface area contributed by atoms with Gasteiger partial charge in [-0.3, -0.25) is 38.4 Å². The van der Waals surface area contributed by atoms with Crippen molar-refractivity contribution in [3.05, 3.63) is 185 Å². The smallest absolute Gasteiger partial charge is 0.326 e. The summed E-state index contributed by atoms with van der Waals surface area (Å²) in [6.45, 7) is 14.0. The molecule has 6 aliphatic heterocycles. The number of aliphatic carboxylic acids is 1. The first-order chi connectivity index (χ1) is 53.6. The summed E-state index contributed by atoms with van der Waals surface area (Å²) in [6.07, 6.45) is 3.37. The van der Waals surface area contributed by atoms with Gasteiger partial charge in [0, 0.05) is 38.8 Å². The van der Waals surface area contributed by atoms with Crippen LogP contribution in [0.1, 0.15) is 126 Å². The van der Waals surface area contributed by atoms with Crippen LogP contribution in [-0.2, 0) is 82.0 Å². The van der Waals surface area contributed by atoms with E-state index in [0.29, 0.717) is 45.1 Å². The third kappa shape index (κ3) is 18.9. The maximum atomic E-state index is 15.7. The van der Waals surface area contributed by atoms with Crippen molar-refractivity contribution in [3.8, 4) is 11.5 Å². The number of ether oxygens (including phenoxy) is 2. The van der Waals surface area contributed by atoms with Crippen molar-refractivity contribution < 1.29 is 57.7 Å². The Labute approximate surface area is 647 Å². The number of amides is 8. The molecule has 1 unspecified atom stereocenters. The zero-order chi connectivity index (χ0) is 79.7. The normalized spacial score (nSPS) is 21.5. The molecule has 15 rings (SSSR count). The minimum absolute atomic E-state index is 0.0141. The molecule has 112 heavy (non-hydrogen) atoms. The van der Waals surface area contributed by atoms with E-state index in [9.17, 15) is 19.5 Å². The lowest BCUT2D eigenvalue weighted by atomic mass is 9.85. The van der Waals surface area contributed by atoms with E-state index >= 15 is 28.8 Å². The Kier molecular flexibility index (Phi) is 24.5. The Morgan fingerprint density at radius 1 is 0.536 bits per heavy atom. The molecule has 8 bridgehead atoms. The number of aromatic amines is 1. The molecule has 8 amide bonds. The van der Waals surface area contributed by atoms with Gasteiger partial charge in [-0.1, -0.05) is 161 Å². The summed E-state index contributed by atoms with van der Waals surface area (Å²) in [5.41, 5.74) is 1.46. The maximum Gasteiger partial charge on any atom is 0.326 e. The molecule has 10 N–H and O–H groups in total. The Bertz CT molecular complexity index is 4880. The van der Waals surface area contributed by atoms with Crippen molar-refractivity contribution >= 4 is 74.8 Å². The van der Waals surface area contributed by atoms with Crippen LogP contribution in [0.3, 0.4) is 0 Å². The van der Waals surface area contributed by atoms with Crippen LogP contribution < -0.4 is 52.0 Å². The predicted octanol–water partition coefficient (Wildman–Crippen LogP) is 4.09. The second kappa shape index (κ2) is 34.5. The van der Waals surface area contributed by atoms with Gasteiger partial charge in [0.15, 0.2) is 5.82 Å². The summed E-state index contributed by atoms with van der Waals surface area (Å²) in [6, 6.07) is 27.0. The molecule has 0 spiro atoms. The maximum absolute atomic E-state index is 15.7. The highest BCUT2D eigenvalue weighted by atomic mass is 16.5. The molecule has 3 aromatic heterocycles. The van der Waals surface area contributed by atoms with Crippen LogP contribution in [0.15, 0.2) is 146 Å². The van der Waals surface area contributed by atoms with E-state index in [1.807, 2.05) is 106 Å². The number of carboxylic acid groups (broad SMARTS) is 1. The SMILES string of the molecule is CN[C@@H](C)C(=O)N[C@H](C(=O)N1CCC2[C@H]1C(=O)N[C@@H](Cc1ccc3ccccc3c1)C(=O)N[C@H](c1nnn[nH]1)Cc1ccc(cc1)OCc1cn(nn1)[C@@H]1CCN(C(=O)[C@@H](NC(=O)[C@H](C)NC)C(C)(C)C)[C@@H]1C(=O)N[C@@H](Cc1ccc3ccccc3c1)C(=O)N[C@H](C(=O)O)Cc1ccc(cc1)OCc1cn2nn1)C(C)(C)C. The molecule has 6 aromatic carbocycles. The van der Waals surface area contributed by atoms with Crippen molar-refractivity contribution in [1.82, 2.24) is 103 Å². The van der Waals surface area contributed by atoms with Gasteiger partial charge in [0.05, 0.1) is 42.6 Å². The van der Waals surface area contributed by atoms with Gasteiger partial charge in [0.2, 0.25) is 47.3 Å². The van der Waals surface area contributed by atoms with Gasteiger partial charge in [-0.15, -0.1) is 15.3 Å². The first kappa shape index (κ1) is 79.5. The van der Waals surface area contributed by atoms with E-state index in [4.69, 9.17) is 9.47 Å². The van der Waals surface area contributed by atoms with Gasteiger partial charge in [0.25, 0.3) is 0 Å². The Balaban J connectivity index is 0.895. The van der Waals surface area contributed by atoms with Crippen LogP contribution in [0.5, 0.6) is 11.5 Å². The molecule has 588 valence electrons. The lowest BCUT2D eigenvalue weighted by molar-refractivity contribution is -0.145. The fourth-order valence-corrected chi connectivity index (χ4v) is 14.4. The summed E-state index contributed by atoms with van der Waals surface area (Å²) in [5, 5.41) is 70.6. The number of rotatable bonds is 14. The zero-order valence-electron chi connectivity index (χ0n) is 64.2. The number of tetrazole rings is 1. The van der Waals surface area contributed by atoms with Crippen molar-refractivity contribution in [2.75, 3.05) is 27.2 Å². The quantitative estimate of drug-likeness (QED) is 0.0733. The van der Waals surface area contributed by atoms with Crippen LogP contribution in [0.4, 0.5) is 0 Å². The summed E-state index contributed by atoms with van der Waals surface area (Å²) < 4.78 is 15.5. The zero-order valence-corrected chi connectivity index (χ0v) is 64.2. The van der Waals surface area contributed by atoms with Gasteiger partial charge in [0.1, 0.15) is 78.4 Å². The van der Waals surface area contributed by atoms with Crippen molar-refractivity contribution in [3.63, 3.8) is 0 Å². The van der Waals surface area contributed by atoms with Crippen LogP contribution in [0, 0.1) is 10.8 Å². The van der Waals surface area contributed by atoms with Gasteiger partial charge >= 0.3 is 5.97 Å². The number of likely N-dealkylation sites (N-methyl/N-ethyl adjacent to an activating group) is 2. The number of carbonyl (C=O) groups excluding carboxylic acids is 8. The number of benzene rings is 6. The molecule has 0 saturated carbocycles. The molecule has 2 fully saturated rings. The van der Waals surface area contributed by atoms with Crippen LogP contribution in [0.2, 0.25) is 0 Å². The molecule has 0 aliphatic carbocycles. The largest absolute Gasteiger partial charge is 0.487 e. The van der Waals surface area contributed by atoms with E-state index in [1.54, 1.807) is 110 Å². The van der Waals surface area contributed by atoms with Crippen molar-refractivity contribution in [2.45, 2.75) is 180 Å². The molecule has 2 saturated heterocycles. The number of carboxylic acids is 1. The molecule has 9 heterocycles. The lowest BCUT2D eigenvalue weighted by Gasteiger charge is -2.37. The van der Waals surface area contributed by atoms with Crippen LogP contribution >= 0.6 is 0 Å². The summed E-state index contributed by atoms with van der Waals surface area (Å²) in [7, 11) is 3.25. The highest BCUT2D eigenvalue weighted by molar-refractivity contribution is 5.98. The number of aromatic nitrogens is 10. The van der Waals surface area contributed by atoms with E-state index in [0.717, 1.165) is 21.5 Å². The number of nitrogens with zero attached hydrogens (tertiary/aromatic N) is 11.